The number of rotatable bonds is 7. The second-order valence-corrected chi connectivity index (χ2v) is 4.70. The summed E-state index contributed by atoms with van der Waals surface area (Å²) in [6, 6.07) is 6.09. The highest BCUT2D eigenvalue weighted by Crippen LogP contribution is 2.22. The van der Waals surface area contributed by atoms with Crippen molar-refractivity contribution in [1.82, 2.24) is 0 Å². The van der Waals surface area contributed by atoms with Crippen LogP contribution in [0.2, 0.25) is 0 Å². The van der Waals surface area contributed by atoms with E-state index in [-0.39, 0.29) is 0 Å². The predicted molar refractivity (Wildman–Crippen MR) is 80.6 cm³/mol. The lowest BCUT2D eigenvalue weighted by atomic mass is 10.1. The number of carboxylic acid groups (broad SMARTS) is 1. The maximum atomic E-state index is 10.5. The van der Waals surface area contributed by atoms with E-state index in [1.165, 1.54) is 17.3 Å². The molecule has 0 bridgehead atoms. The quantitative estimate of drug-likeness (QED) is 0.760. The maximum Gasteiger partial charge on any atom is 0.328 e. The van der Waals surface area contributed by atoms with Crippen LogP contribution >= 0.6 is 0 Å². The maximum absolute atomic E-state index is 10.5. The zero-order chi connectivity index (χ0) is 14.3. The molecular formula is C16H23NO2. The minimum Gasteiger partial charge on any atom is -0.478 e. The Morgan fingerprint density at radius 1 is 1.26 bits per heavy atom. The van der Waals surface area contributed by atoms with E-state index in [1.807, 2.05) is 12.1 Å². The molecule has 3 heteroatoms. The van der Waals surface area contributed by atoms with E-state index in [2.05, 4.69) is 31.7 Å². The van der Waals surface area contributed by atoms with Crippen molar-refractivity contribution in [1.29, 1.82) is 0 Å². The van der Waals surface area contributed by atoms with Gasteiger partial charge >= 0.3 is 5.97 Å². The topological polar surface area (TPSA) is 40.5 Å². The molecule has 1 aromatic carbocycles. The zero-order valence-corrected chi connectivity index (χ0v) is 12.0. The largest absolute Gasteiger partial charge is 0.478 e. The highest BCUT2D eigenvalue weighted by atomic mass is 16.4. The SMILES string of the molecule is CCCN(CCC)c1ccc(C=CC(=O)O)cc1C. The average Bonchev–Trinajstić information content (AvgIpc) is 2.36. The van der Waals surface area contributed by atoms with E-state index in [9.17, 15) is 4.79 Å². The molecule has 0 fully saturated rings. The molecule has 0 aliphatic carbocycles. The Morgan fingerprint density at radius 2 is 1.89 bits per heavy atom. The number of nitrogens with zero attached hydrogens (tertiary/aromatic N) is 1. The minimum atomic E-state index is -0.916. The zero-order valence-electron chi connectivity index (χ0n) is 12.0. The number of carboxylic acids is 1. The van der Waals surface area contributed by atoms with Gasteiger partial charge in [0.2, 0.25) is 0 Å². The van der Waals surface area contributed by atoms with Crippen molar-refractivity contribution in [2.24, 2.45) is 0 Å². The second-order valence-electron chi connectivity index (χ2n) is 4.70. The molecule has 0 aromatic heterocycles. The molecule has 0 aliphatic rings. The fourth-order valence-corrected chi connectivity index (χ4v) is 2.20. The molecule has 3 nitrogen and oxygen atoms in total. The van der Waals surface area contributed by atoms with E-state index in [0.717, 1.165) is 31.5 Å². The molecular weight excluding hydrogens is 238 g/mol. The first kappa shape index (κ1) is 15.3. The predicted octanol–water partition coefficient (Wildman–Crippen LogP) is 3.72. The van der Waals surface area contributed by atoms with Gasteiger partial charge in [-0.15, -0.1) is 0 Å². The van der Waals surface area contributed by atoms with E-state index in [0.29, 0.717) is 0 Å². The lowest BCUT2D eigenvalue weighted by molar-refractivity contribution is -0.131. The van der Waals surface area contributed by atoms with E-state index >= 15 is 0 Å². The van der Waals surface area contributed by atoms with Crippen LogP contribution in [0.4, 0.5) is 5.69 Å². The monoisotopic (exact) mass is 261 g/mol. The van der Waals surface area contributed by atoms with Gasteiger partial charge in [0.05, 0.1) is 0 Å². The lowest BCUT2D eigenvalue weighted by Gasteiger charge is -2.25. The Morgan fingerprint density at radius 3 is 2.37 bits per heavy atom. The van der Waals surface area contributed by atoms with Crippen molar-refractivity contribution in [3.63, 3.8) is 0 Å². The minimum absolute atomic E-state index is 0.916. The lowest BCUT2D eigenvalue weighted by Crippen LogP contribution is -2.25. The number of anilines is 1. The van der Waals surface area contributed by atoms with Gasteiger partial charge in [-0.2, -0.15) is 0 Å². The molecule has 0 unspecified atom stereocenters. The average molecular weight is 261 g/mol. The first-order valence-corrected chi connectivity index (χ1v) is 6.85. The number of benzene rings is 1. The smallest absolute Gasteiger partial charge is 0.328 e. The summed E-state index contributed by atoms with van der Waals surface area (Å²) >= 11 is 0. The van der Waals surface area contributed by atoms with Gasteiger partial charge in [-0.05, 0) is 49.1 Å². The van der Waals surface area contributed by atoms with Crippen LogP contribution < -0.4 is 4.90 Å². The van der Waals surface area contributed by atoms with Gasteiger partial charge in [0.25, 0.3) is 0 Å². The molecule has 1 rings (SSSR count). The summed E-state index contributed by atoms with van der Waals surface area (Å²) in [5.41, 5.74) is 3.36. The summed E-state index contributed by atoms with van der Waals surface area (Å²) < 4.78 is 0. The summed E-state index contributed by atoms with van der Waals surface area (Å²) in [4.78, 5) is 12.9. The van der Waals surface area contributed by atoms with Crippen molar-refractivity contribution >= 4 is 17.7 Å². The first-order valence-electron chi connectivity index (χ1n) is 6.85. The summed E-state index contributed by atoms with van der Waals surface area (Å²) in [7, 11) is 0. The molecule has 0 radical (unpaired) electrons. The van der Waals surface area contributed by atoms with Gasteiger partial charge in [-0.1, -0.05) is 19.9 Å². The third kappa shape index (κ3) is 4.78. The number of aliphatic carboxylic acids is 1. The third-order valence-electron chi connectivity index (χ3n) is 2.97. The van der Waals surface area contributed by atoms with Crippen LogP contribution in [0.3, 0.4) is 0 Å². The Bertz CT molecular complexity index is 446. The first-order chi connectivity index (χ1) is 9.08. The van der Waals surface area contributed by atoms with Crippen LogP contribution in [0.15, 0.2) is 24.3 Å². The molecule has 0 spiro atoms. The number of hydrogen-bond donors (Lipinski definition) is 1. The van der Waals surface area contributed by atoms with Gasteiger partial charge in [-0.3, -0.25) is 0 Å². The molecule has 0 saturated carbocycles. The van der Waals surface area contributed by atoms with Crippen molar-refractivity contribution in [2.75, 3.05) is 18.0 Å². The second kappa shape index (κ2) is 7.62. The van der Waals surface area contributed by atoms with Crippen LogP contribution in [0.1, 0.15) is 37.8 Å². The Balaban J connectivity index is 2.94. The van der Waals surface area contributed by atoms with E-state index in [1.54, 1.807) is 6.08 Å². The summed E-state index contributed by atoms with van der Waals surface area (Å²) in [5.74, 6) is -0.916. The van der Waals surface area contributed by atoms with Gasteiger partial charge in [0, 0.05) is 24.9 Å². The van der Waals surface area contributed by atoms with E-state index in [4.69, 9.17) is 5.11 Å². The number of carbonyl (C=O) groups is 1. The summed E-state index contributed by atoms with van der Waals surface area (Å²) in [5, 5.41) is 8.63. The van der Waals surface area contributed by atoms with Gasteiger partial charge in [0.1, 0.15) is 0 Å². The highest BCUT2D eigenvalue weighted by molar-refractivity contribution is 5.85. The molecule has 0 saturated heterocycles. The Labute approximate surface area is 115 Å². The molecule has 19 heavy (non-hydrogen) atoms. The Hall–Kier alpha value is -1.77. The molecule has 104 valence electrons. The molecule has 0 aliphatic heterocycles. The van der Waals surface area contributed by atoms with Crippen LogP contribution in [0, 0.1) is 6.92 Å². The van der Waals surface area contributed by atoms with Gasteiger partial charge < -0.3 is 10.0 Å². The van der Waals surface area contributed by atoms with Crippen molar-refractivity contribution in [3.8, 4) is 0 Å². The summed E-state index contributed by atoms with van der Waals surface area (Å²) in [6.07, 6.45) is 5.05. The van der Waals surface area contributed by atoms with Crippen molar-refractivity contribution in [2.45, 2.75) is 33.6 Å². The van der Waals surface area contributed by atoms with E-state index < -0.39 is 5.97 Å². The Kier molecular flexibility index (Phi) is 6.13. The molecule has 1 N–H and O–H groups in total. The normalized spacial score (nSPS) is 10.9. The summed E-state index contributed by atoms with van der Waals surface area (Å²) in [6.45, 7) is 8.55. The van der Waals surface area contributed by atoms with Crippen LogP contribution in [-0.2, 0) is 4.79 Å². The molecule has 0 atom stereocenters. The third-order valence-corrected chi connectivity index (χ3v) is 2.97. The standard InChI is InChI=1S/C16H23NO2/c1-4-10-17(11-5-2)15-8-6-14(12-13(15)3)7-9-16(18)19/h6-9,12H,4-5,10-11H2,1-3H3,(H,18,19). The van der Waals surface area contributed by atoms with Gasteiger partial charge in [-0.25, -0.2) is 4.79 Å². The van der Waals surface area contributed by atoms with Crippen molar-refractivity contribution < 1.29 is 9.90 Å². The molecule has 0 heterocycles. The fourth-order valence-electron chi connectivity index (χ4n) is 2.20. The van der Waals surface area contributed by atoms with Crippen molar-refractivity contribution in [3.05, 3.63) is 35.4 Å². The van der Waals surface area contributed by atoms with Gasteiger partial charge in [0.15, 0.2) is 0 Å². The van der Waals surface area contributed by atoms with Crippen LogP contribution in [-0.4, -0.2) is 24.2 Å². The number of hydrogen-bond acceptors (Lipinski definition) is 2. The fraction of sp³-hybridized carbons (Fsp3) is 0.438. The van der Waals surface area contributed by atoms with Crippen LogP contribution in [0.25, 0.3) is 6.08 Å². The molecule has 0 amide bonds. The highest BCUT2D eigenvalue weighted by Gasteiger charge is 2.07. The molecule has 1 aromatic rings. The number of aryl methyl sites for hydroxylation is 1. The van der Waals surface area contributed by atoms with Crippen LogP contribution in [0.5, 0.6) is 0 Å².